The molecule has 0 spiro atoms. The summed E-state index contributed by atoms with van der Waals surface area (Å²) in [4.78, 5) is 15.1. The molecule has 3 nitrogen and oxygen atoms in total. The first-order valence-electron chi connectivity index (χ1n) is 20.3. The second kappa shape index (κ2) is 16.5. The Kier molecular flexibility index (Phi) is 9.97. The number of benzene rings is 9. The molecule has 282 valence electrons. The van der Waals surface area contributed by atoms with Crippen LogP contribution >= 0.6 is 0 Å². The van der Waals surface area contributed by atoms with Crippen molar-refractivity contribution < 1.29 is 0 Å². The molecule has 9 aromatic carbocycles. The molecule has 1 aromatic heterocycles. The lowest BCUT2D eigenvalue weighted by Gasteiger charge is -2.18. The highest BCUT2D eigenvalue weighted by Crippen LogP contribution is 2.42. The summed E-state index contributed by atoms with van der Waals surface area (Å²) in [6, 6.07) is 83.4. The van der Waals surface area contributed by atoms with Gasteiger partial charge < -0.3 is 0 Å². The zero-order valence-corrected chi connectivity index (χ0v) is 32.9. The predicted octanol–water partition coefficient (Wildman–Crippen LogP) is 14.9. The fraction of sp³-hybridized carbons (Fsp3) is 0. The van der Waals surface area contributed by atoms with Crippen LogP contribution in [0.5, 0.6) is 0 Å². The van der Waals surface area contributed by atoms with E-state index in [0.29, 0.717) is 17.5 Å². The van der Waals surface area contributed by atoms with E-state index in [1.165, 1.54) is 27.8 Å². The highest BCUT2D eigenvalue weighted by molar-refractivity contribution is 5.94. The first kappa shape index (κ1) is 36.3. The number of aromatic nitrogens is 3. The lowest BCUT2D eigenvalue weighted by molar-refractivity contribution is 1.07. The summed E-state index contributed by atoms with van der Waals surface area (Å²) in [5, 5.41) is 0. The first-order valence-corrected chi connectivity index (χ1v) is 20.3. The smallest absolute Gasteiger partial charge is 0.164 e. The average molecular weight is 766 g/mol. The molecule has 0 saturated heterocycles. The third-order valence-electron chi connectivity index (χ3n) is 10.9. The maximum absolute atomic E-state index is 5.07. The fourth-order valence-corrected chi connectivity index (χ4v) is 7.93. The molecule has 0 N–H and O–H groups in total. The van der Waals surface area contributed by atoms with Crippen molar-refractivity contribution in [3.8, 4) is 101 Å². The van der Waals surface area contributed by atoms with Gasteiger partial charge in [0.25, 0.3) is 0 Å². The molecule has 0 aliphatic carbocycles. The average Bonchev–Trinajstić information content (AvgIpc) is 3.35. The molecule has 0 atom stereocenters. The van der Waals surface area contributed by atoms with Gasteiger partial charge in [0.15, 0.2) is 17.5 Å². The van der Waals surface area contributed by atoms with Gasteiger partial charge >= 0.3 is 0 Å². The maximum Gasteiger partial charge on any atom is 0.164 e. The van der Waals surface area contributed by atoms with Gasteiger partial charge in [-0.2, -0.15) is 0 Å². The van der Waals surface area contributed by atoms with Crippen LogP contribution in [-0.2, 0) is 0 Å². The van der Waals surface area contributed by atoms with E-state index in [1.807, 2.05) is 60.7 Å². The van der Waals surface area contributed by atoms with Crippen LogP contribution < -0.4 is 0 Å². The van der Waals surface area contributed by atoms with Crippen molar-refractivity contribution in [2.24, 2.45) is 0 Å². The number of rotatable bonds is 9. The molecule has 3 heteroatoms. The minimum Gasteiger partial charge on any atom is -0.208 e. The summed E-state index contributed by atoms with van der Waals surface area (Å²) < 4.78 is 0. The molecule has 0 fully saturated rings. The molecule has 10 aromatic rings. The van der Waals surface area contributed by atoms with Crippen molar-refractivity contribution in [1.82, 2.24) is 15.0 Å². The Morgan fingerprint density at radius 1 is 0.167 bits per heavy atom. The monoisotopic (exact) mass is 765 g/mol. The van der Waals surface area contributed by atoms with Crippen molar-refractivity contribution in [3.63, 3.8) is 0 Å². The van der Waals surface area contributed by atoms with Crippen LogP contribution in [0.1, 0.15) is 0 Å². The molecule has 0 aliphatic heterocycles. The van der Waals surface area contributed by atoms with Crippen molar-refractivity contribution >= 4 is 0 Å². The van der Waals surface area contributed by atoms with E-state index in [-0.39, 0.29) is 0 Å². The number of hydrogen-bond donors (Lipinski definition) is 0. The summed E-state index contributed by atoms with van der Waals surface area (Å²) in [7, 11) is 0. The number of nitrogens with zero attached hydrogens (tertiary/aromatic N) is 3. The maximum atomic E-state index is 5.07. The predicted molar refractivity (Wildman–Crippen MR) is 249 cm³/mol. The first-order chi connectivity index (χ1) is 29.7. The molecule has 0 saturated carbocycles. The second-order valence-electron chi connectivity index (χ2n) is 14.8. The van der Waals surface area contributed by atoms with Gasteiger partial charge in [0.05, 0.1) is 0 Å². The zero-order valence-electron chi connectivity index (χ0n) is 32.9. The van der Waals surface area contributed by atoms with E-state index in [9.17, 15) is 0 Å². The largest absolute Gasteiger partial charge is 0.208 e. The molecule has 0 bridgehead atoms. The topological polar surface area (TPSA) is 38.7 Å². The third-order valence-corrected chi connectivity index (χ3v) is 10.9. The van der Waals surface area contributed by atoms with Gasteiger partial charge in [-0.3, -0.25) is 0 Å². The molecule has 60 heavy (non-hydrogen) atoms. The molecular formula is C57H39N3. The van der Waals surface area contributed by atoms with Gasteiger partial charge in [-0.25, -0.2) is 15.0 Å². The second-order valence-corrected chi connectivity index (χ2v) is 14.8. The molecule has 0 aliphatic rings. The summed E-state index contributed by atoms with van der Waals surface area (Å²) in [5.74, 6) is 1.90. The highest BCUT2D eigenvalue weighted by atomic mass is 15.0. The Morgan fingerprint density at radius 3 is 0.883 bits per heavy atom. The van der Waals surface area contributed by atoms with E-state index >= 15 is 0 Å². The normalized spacial score (nSPS) is 11.0. The van der Waals surface area contributed by atoms with Crippen molar-refractivity contribution in [3.05, 3.63) is 237 Å². The molecule has 1 heterocycles. The lowest BCUT2D eigenvalue weighted by Crippen LogP contribution is -2.00. The van der Waals surface area contributed by atoms with Crippen LogP contribution in [0.2, 0.25) is 0 Å². The third kappa shape index (κ3) is 7.56. The lowest BCUT2D eigenvalue weighted by atomic mass is 9.86. The molecular weight excluding hydrogens is 727 g/mol. The minimum absolute atomic E-state index is 0.624. The Labute approximate surface area is 351 Å². The molecule has 0 amide bonds. The van der Waals surface area contributed by atoms with Crippen molar-refractivity contribution in [1.29, 1.82) is 0 Å². The van der Waals surface area contributed by atoms with E-state index < -0.39 is 0 Å². The van der Waals surface area contributed by atoms with Crippen LogP contribution in [0.25, 0.3) is 101 Å². The van der Waals surface area contributed by atoms with Crippen molar-refractivity contribution in [2.75, 3.05) is 0 Å². The van der Waals surface area contributed by atoms with Crippen LogP contribution in [0.4, 0.5) is 0 Å². The van der Waals surface area contributed by atoms with E-state index in [0.717, 1.165) is 55.6 Å². The van der Waals surface area contributed by atoms with Crippen molar-refractivity contribution in [2.45, 2.75) is 0 Å². The Balaban J connectivity index is 1.15. The van der Waals surface area contributed by atoms with E-state index in [2.05, 4.69) is 176 Å². The summed E-state index contributed by atoms with van der Waals surface area (Å²) in [5.41, 5.74) is 16.7. The molecule has 10 rings (SSSR count). The fourth-order valence-electron chi connectivity index (χ4n) is 7.93. The van der Waals surface area contributed by atoms with Crippen LogP contribution in [0.3, 0.4) is 0 Å². The Bertz CT molecular complexity index is 2930. The van der Waals surface area contributed by atoms with Gasteiger partial charge in [-0.05, 0) is 97.1 Å². The Hall–Kier alpha value is -8.01. The van der Waals surface area contributed by atoms with Crippen LogP contribution in [0.15, 0.2) is 237 Å². The number of hydrogen-bond acceptors (Lipinski definition) is 3. The standard InChI is InChI=1S/C57H39N3/c1-7-19-40(20-8-1)48-35-49(41-21-9-2-10-22-41)37-50(36-48)52-33-31-46(38-53(52)42-23-11-3-12-24-42)51-34-32-47(39-54(51)43-25-13-4-14-26-43)57-59-55(44-27-15-5-16-28-44)58-56(60-57)45-29-17-6-18-30-45/h1-39H. The van der Waals surface area contributed by atoms with Gasteiger partial charge in [-0.15, -0.1) is 0 Å². The van der Waals surface area contributed by atoms with Gasteiger partial charge in [-0.1, -0.05) is 206 Å². The van der Waals surface area contributed by atoms with Gasteiger partial charge in [0.1, 0.15) is 0 Å². The van der Waals surface area contributed by atoms with Gasteiger partial charge in [0, 0.05) is 16.7 Å². The van der Waals surface area contributed by atoms with Gasteiger partial charge in [0.2, 0.25) is 0 Å². The van der Waals surface area contributed by atoms with Crippen LogP contribution in [-0.4, -0.2) is 15.0 Å². The molecule has 0 unspecified atom stereocenters. The van der Waals surface area contributed by atoms with E-state index in [1.54, 1.807) is 0 Å². The minimum atomic E-state index is 0.624. The Morgan fingerprint density at radius 2 is 0.467 bits per heavy atom. The SMILES string of the molecule is c1ccc(-c2cc(-c3ccccc3)cc(-c3ccc(-c4ccc(-c5nc(-c6ccccc6)nc(-c6ccccc6)n5)cc4-c4ccccc4)cc3-c3ccccc3)c2)cc1. The quantitative estimate of drug-likeness (QED) is 0.147. The van der Waals surface area contributed by atoms with Crippen LogP contribution in [0, 0.1) is 0 Å². The summed E-state index contributed by atoms with van der Waals surface area (Å²) in [6.45, 7) is 0. The summed E-state index contributed by atoms with van der Waals surface area (Å²) >= 11 is 0. The highest BCUT2D eigenvalue weighted by Gasteiger charge is 2.18. The summed E-state index contributed by atoms with van der Waals surface area (Å²) in [6.07, 6.45) is 0. The van der Waals surface area contributed by atoms with E-state index in [4.69, 9.17) is 15.0 Å². The molecule has 0 radical (unpaired) electrons. The zero-order chi connectivity index (χ0) is 40.1.